The first-order valence-corrected chi connectivity index (χ1v) is 12.5. The zero-order valence-electron chi connectivity index (χ0n) is 19.1. The van der Waals surface area contributed by atoms with E-state index in [9.17, 15) is 29.3 Å². The number of ketones is 1. The first-order chi connectivity index (χ1) is 17.7. The number of carbonyl (C=O) groups is 4. The van der Waals surface area contributed by atoms with Crippen LogP contribution in [0.15, 0.2) is 54.6 Å². The van der Waals surface area contributed by atoms with Crippen molar-refractivity contribution in [1.82, 2.24) is 10.0 Å². The van der Waals surface area contributed by atoms with Crippen LogP contribution < -0.4 is 0 Å². The summed E-state index contributed by atoms with van der Waals surface area (Å²) in [5.41, 5.74) is -0.378. The van der Waals surface area contributed by atoms with Crippen LogP contribution in [0.25, 0.3) is 0 Å². The van der Waals surface area contributed by atoms with E-state index in [1.54, 1.807) is 0 Å². The van der Waals surface area contributed by atoms with Gasteiger partial charge >= 0.3 is 0 Å². The number of benzene rings is 2. The topological polar surface area (TPSA) is 118 Å². The molecule has 2 aromatic carbocycles. The number of halogens is 2. The number of imide groups is 1. The maximum Gasteiger partial charge on any atom is 0.274 e. The first kappa shape index (κ1) is 23.8. The normalized spacial score (nSPS) is 28.6. The van der Waals surface area contributed by atoms with Crippen molar-refractivity contribution < 1.29 is 24.1 Å². The molecule has 7 rings (SSSR count). The van der Waals surface area contributed by atoms with E-state index in [0.29, 0.717) is 11.8 Å². The monoisotopic (exact) mass is 539 g/mol. The number of non-ortho nitro benzene ring substituents is 1. The maximum atomic E-state index is 13.7. The minimum Gasteiger partial charge on any atom is -0.292 e. The second kappa shape index (κ2) is 8.49. The van der Waals surface area contributed by atoms with Gasteiger partial charge in [-0.2, -0.15) is 5.01 Å². The van der Waals surface area contributed by atoms with E-state index in [1.807, 2.05) is 12.2 Å². The predicted octanol–water partition coefficient (Wildman–Crippen LogP) is 4.19. The second-order valence-corrected chi connectivity index (χ2v) is 10.7. The molecule has 0 N–H and O–H groups in total. The number of nitro groups is 1. The minimum absolute atomic E-state index is 0.00945. The van der Waals surface area contributed by atoms with E-state index in [0.717, 1.165) is 22.5 Å². The third-order valence-electron chi connectivity index (χ3n) is 7.95. The van der Waals surface area contributed by atoms with E-state index in [-0.39, 0.29) is 38.7 Å². The van der Waals surface area contributed by atoms with Gasteiger partial charge in [-0.15, -0.1) is 0 Å². The number of nitro benzene ring substituents is 1. The summed E-state index contributed by atoms with van der Waals surface area (Å²) in [6.45, 7) is -0.689. The highest BCUT2D eigenvalue weighted by Gasteiger charge is 2.68. The SMILES string of the molecule is O=C(CN(C(=O)c1ccc(Cl)cc1Cl)N1C(=O)[C@@H]2[C@H]3C=C[C@@H]([C@@H]4C[C@H]34)[C@@H]2C1=O)c1cccc([N+](=O)[O-])c1. The quantitative estimate of drug-likeness (QED) is 0.178. The van der Waals surface area contributed by atoms with Crippen molar-refractivity contribution in [2.45, 2.75) is 6.42 Å². The molecule has 2 saturated carbocycles. The van der Waals surface area contributed by atoms with Crippen LogP contribution in [-0.4, -0.2) is 45.0 Å². The summed E-state index contributed by atoms with van der Waals surface area (Å²) in [5.74, 6) is -3.17. The standard InChI is InChI=1S/C26H19Cl2N3O6/c27-13-4-5-17(20(28)9-13)24(33)29(11-21(32)12-2-1-3-14(8-12)31(36)37)30-25(34)22-15-6-7-16(19-10-18(15)19)23(22)26(30)35/h1-9,15-16,18-19,22-23H,10-11H2/t15-,16-,18-,19+,22-,23+/m0/s1. The van der Waals surface area contributed by atoms with Crippen LogP contribution in [0.4, 0.5) is 5.69 Å². The fourth-order valence-corrected chi connectivity index (χ4v) is 6.72. The fourth-order valence-electron chi connectivity index (χ4n) is 6.23. The lowest BCUT2D eigenvalue weighted by Gasteiger charge is -2.37. The Labute approximate surface area is 220 Å². The fraction of sp³-hybridized carbons (Fsp3) is 0.308. The molecule has 6 atom stereocenters. The summed E-state index contributed by atoms with van der Waals surface area (Å²) in [6, 6.07) is 9.19. The molecule has 4 aliphatic carbocycles. The summed E-state index contributed by atoms with van der Waals surface area (Å²) in [7, 11) is 0. The van der Waals surface area contributed by atoms with Crippen LogP contribution in [0, 0.1) is 45.6 Å². The Balaban J connectivity index is 1.38. The molecule has 3 amide bonds. The van der Waals surface area contributed by atoms with E-state index in [2.05, 4.69) is 0 Å². The molecule has 188 valence electrons. The van der Waals surface area contributed by atoms with Crippen LogP contribution in [0.5, 0.6) is 0 Å². The molecule has 0 radical (unpaired) electrons. The minimum atomic E-state index is -0.828. The Morgan fingerprint density at radius 2 is 1.65 bits per heavy atom. The van der Waals surface area contributed by atoms with Crippen molar-refractivity contribution in [2.24, 2.45) is 35.5 Å². The van der Waals surface area contributed by atoms with Gasteiger partial charge in [-0.05, 0) is 48.3 Å². The molecule has 1 aliphatic heterocycles. The number of carbonyl (C=O) groups excluding carboxylic acids is 4. The smallest absolute Gasteiger partial charge is 0.274 e. The molecular weight excluding hydrogens is 521 g/mol. The van der Waals surface area contributed by atoms with Gasteiger partial charge in [0.15, 0.2) is 5.78 Å². The van der Waals surface area contributed by atoms with Gasteiger partial charge in [-0.3, -0.25) is 29.3 Å². The van der Waals surface area contributed by atoms with Crippen molar-refractivity contribution >= 4 is 52.4 Å². The van der Waals surface area contributed by atoms with Gasteiger partial charge in [0, 0.05) is 22.7 Å². The molecule has 1 heterocycles. The number of hydrogen-bond donors (Lipinski definition) is 0. The Kier molecular flexibility index (Phi) is 5.47. The van der Waals surface area contributed by atoms with Gasteiger partial charge in [0.2, 0.25) is 0 Å². The van der Waals surface area contributed by atoms with E-state index < -0.39 is 46.8 Å². The van der Waals surface area contributed by atoms with Gasteiger partial charge < -0.3 is 0 Å². The Morgan fingerprint density at radius 3 is 2.24 bits per heavy atom. The van der Waals surface area contributed by atoms with Crippen LogP contribution in [0.2, 0.25) is 10.0 Å². The molecule has 5 aliphatic rings. The van der Waals surface area contributed by atoms with Gasteiger partial charge in [-0.1, -0.05) is 47.5 Å². The number of hydrogen-bond acceptors (Lipinski definition) is 6. The Morgan fingerprint density at radius 1 is 1.00 bits per heavy atom. The molecule has 11 heteroatoms. The summed E-state index contributed by atoms with van der Waals surface area (Å²) >= 11 is 12.2. The average molecular weight is 540 g/mol. The van der Waals surface area contributed by atoms with Crippen LogP contribution in [0.3, 0.4) is 0 Å². The molecule has 0 spiro atoms. The number of hydrazine groups is 1. The molecule has 1 saturated heterocycles. The van der Waals surface area contributed by atoms with Crippen molar-refractivity contribution in [3.8, 4) is 0 Å². The molecule has 37 heavy (non-hydrogen) atoms. The highest BCUT2D eigenvalue weighted by molar-refractivity contribution is 6.36. The third-order valence-corrected chi connectivity index (χ3v) is 8.50. The van der Waals surface area contributed by atoms with Gasteiger partial charge in [0.05, 0.1) is 27.3 Å². The Hall–Kier alpha value is -3.56. The second-order valence-electron chi connectivity index (χ2n) is 9.86. The number of Topliss-reactive ketones (excluding diaryl/α,β-unsaturated/α-hetero) is 1. The third kappa shape index (κ3) is 3.67. The largest absolute Gasteiger partial charge is 0.292 e. The highest BCUT2D eigenvalue weighted by Crippen LogP contribution is 2.65. The van der Waals surface area contributed by atoms with E-state index in [1.165, 1.54) is 36.4 Å². The van der Waals surface area contributed by atoms with Crippen molar-refractivity contribution in [2.75, 3.05) is 6.54 Å². The lowest BCUT2D eigenvalue weighted by Crippen LogP contribution is -2.52. The van der Waals surface area contributed by atoms with Gasteiger partial charge in [0.1, 0.15) is 6.54 Å². The lowest BCUT2D eigenvalue weighted by atomic mass is 9.63. The van der Waals surface area contributed by atoms with Crippen LogP contribution in [-0.2, 0) is 9.59 Å². The van der Waals surface area contributed by atoms with Gasteiger partial charge in [0.25, 0.3) is 23.4 Å². The van der Waals surface area contributed by atoms with Crippen molar-refractivity contribution in [3.05, 3.63) is 85.9 Å². The number of allylic oxidation sites excluding steroid dienone is 2. The number of nitrogens with zero attached hydrogens (tertiary/aromatic N) is 3. The highest BCUT2D eigenvalue weighted by atomic mass is 35.5. The van der Waals surface area contributed by atoms with Crippen molar-refractivity contribution in [1.29, 1.82) is 0 Å². The molecule has 3 fully saturated rings. The average Bonchev–Trinajstić information content (AvgIpc) is 3.66. The lowest BCUT2D eigenvalue weighted by molar-refractivity contribution is -0.384. The molecule has 2 aromatic rings. The van der Waals surface area contributed by atoms with Gasteiger partial charge in [-0.25, -0.2) is 5.01 Å². The summed E-state index contributed by atoms with van der Waals surface area (Å²) in [6.07, 6.45) is 4.99. The first-order valence-electron chi connectivity index (χ1n) is 11.8. The molecule has 9 nitrogen and oxygen atoms in total. The molecule has 0 unspecified atom stereocenters. The summed E-state index contributed by atoms with van der Waals surface area (Å²) < 4.78 is 0. The zero-order chi connectivity index (χ0) is 26.2. The zero-order valence-corrected chi connectivity index (χ0v) is 20.6. The van der Waals surface area contributed by atoms with Crippen LogP contribution >= 0.6 is 23.2 Å². The molecular formula is C26H19Cl2N3O6. The predicted molar refractivity (Wildman–Crippen MR) is 131 cm³/mol. The Bertz CT molecular complexity index is 1410. The molecule has 2 bridgehead atoms. The summed E-state index contributed by atoms with van der Waals surface area (Å²) in [4.78, 5) is 65.0. The van der Waals surface area contributed by atoms with Crippen molar-refractivity contribution in [3.63, 3.8) is 0 Å². The number of amides is 3. The van der Waals surface area contributed by atoms with E-state index >= 15 is 0 Å². The molecule has 0 aromatic heterocycles. The van der Waals surface area contributed by atoms with Crippen LogP contribution in [0.1, 0.15) is 27.1 Å². The maximum absolute atomic E-state index is 13.7. The van der Waals surface area contributed by atoms with E-state index in [4.69, 9.17) is 23.2 Å². The number of rotatable bonds is 6. The summed E-state index contributed by atoms with van der Waals surface area (Å²) in [5, 5.41) is 13.1.